The summed E-state index contributed by atoms with van der Waals surface area (Å²) in [6, 6.07) is 7.40. The summed E-state index contributed by atoms with van der Waals surface area (Å²) in [7, 11) is 0. The van der Waals surface area contributed by atoms with Gasteiger partial charge in [-0.25, -0.2) is 4.79 Å². The first-order valence-electron chi connectivity index (χ1n) is 7.28. The van der Waals surface area contributed by atoms with E-state index in [9.17, 15) is 4.79 Å². The number of rotatable bonds is 6. The lowest BCUT2D eigenvalue weighted by Gasteiger charge is -2.01. The molecular weight excluding hydrogens is 260 g/mol. The SMILES string of the molecule is CCOC(=O)c1ccc(/C=C/C=C/CC(C)=C(C)C)cc1. The van der Waals surface area contributed by atoms with Gasteiger partial charge in [-0.05, 0) is 51.8 Å². The van der Waals surface area contributed by atoms with Crippen LogP contribution in [0, 0.1) is 0 Å². The molecule has 0 atom stereocenters. The molecule has 2 nitrogen and oxygen atoms in total. The van der Waals surface area contributed by atoms with Gasteiger partial charge in [-0.3, -0.25) is 0 Å². The van der Waals surface area contributed by atoms with E-state index < -0.39 is 0 Å². The first-order valence-corrected chi connectivity index (χ1v) is 7.28. The second-order valence-electron chi connectivity index (χ2n) is 5.11. The van der Waals surface area contributed by atoms with Crippen LogP contribution in [-0.4, -0.2) is 12.6 Å². The quantitative estimate of drug-likeness (QED) is 0.409. The highest BCUT2D eigenvalue weighted by molar-refractivity contribution is 5.89. The Morgan fingerprint density at radius 3 is 2.33 bits per heavy atom. The number of carbonyl (C=O) groups is 1. The van der Waals surface area contributed by atoms with Gasteiger partial charge in [0.25, 0.3) is 0 Å². The summed E-state index contributed by atoms with van der Waals surface area (Å²) in [6.07, 6.45) is 9.20. The van der Waals surface area contributed by atoms with Crippen LogP contribution in [0.2, 0.25) is 0 Å². The van der Waals surface area contributed by atoms with E-state index in [0.717, 1.165) is 12.0 Å². The minimum Gasteiger partial charge on any atom is -0.462 e. The Hall–Kier alpha value is -2.09. The molecule has 0 fully saturated rings. The molecule has 0 saturated heterocycles. The van der Waals surface area contributed by atoms with Gasteiger partial charge in [0, 0.05) is 0 Å². The maximum atomic E-state index is 11.5. The smallest absolute Gasteiger partial charge is 0.338 e. The van der Waals surface area contributed by atoms with Crippen molar-refractivity contribution in [2.45, 2.75) is 34.1 Å². The van der Waals surface area contributed by atoms with Crippen LogP contribution in [-0.2, 0) is 4.74 Å². The third-order valence-corrected chi connectivity index (χ3v) is 3.24. The normalized spacial score (nSPS) is 11.0. The van der Waals surface area contributed by atoms with Gasteiger partial charge < -0.3 is 4.74 Å². The first kappa shape index (κ1) is 17.0. The molecule has 0 aliphatic heterocycles. The fourth-order valence-corrected chi connectivity index (χ4v) is 1.64. The Kier molecular flexibility index (Phi) is 7.24. The molecule has 0 spiro atoms. The van der Waals surface area contributed by atoms with Crippen LogP contribution in [0.25, 0.3) is 6.08 Å². The van der Waals surface area contributed by atoms with Crippen LogP contribution >= 0.6 is 0 Å². The first-order chi connectivity index (χ1) is 10.0. The summed E-state index contributed by atoms with van der Waals surface area (Å²) in [5.41, 5.74) is 4.42. The van der Waals surface area contributed by atoms with Crippen molar-refractivity contribution in [2.75, 3.05) is 6.61 Å². The van der Waals surface area contributed by atoms with Crippen LogP contribution < -0.4 is 0 Å². The predicted octanol–water partition coefficient (Wildman–Crippen LogP) is 5.18. The molecule has 0 aliphatic rings. The zero-order valence-corrected chi connectivity index (χ0v) is 13.3. The van der Waals surface area contributed by atoms with Crippen LogP contribution in [0.1, 0.15) is 50.0 Å². The van der Waals surface area contributed by atoms with E-state index in [4.69, 9.17) is 4.74 Å². The number of hydrogen-bond acceptors (Lipinski definition) is 2. The van der Waals surface area contributed by atoms with Gasteiger partial charge in [-0.1, -0.05) is 47.6 Å². The Labute approximate surface area is 127 Å². The zero-order valence-electron chi connectivity index (χ0n) is 13.3. The van der Waals surface area contributed by atoms with Crippen LogP contribution in [0.3, 0.4) is 0 Å². The molecule has 2 heteroatoms. The lowest BCUT2D eigenvalue weighted by atomic mass is 10.1. The van der Waals surface area contributed by atoms with Crippen molar-refractivity contribution in [2.24, 2.45) is 0 Å². The summed E-state index contributed by atoms with van der Waals surface area (Å²) >= 11 is 0. The Morgan fingerprint density at radius 1 is 1.10 bits per heavy atom. The van der Waals surface area contributed by atoms with Crippen LogP contribution in [0.15, 0.2) is 53.6 Å². The average Bonchev–Trinajstić information content (AvgIpc) is 2.47. The lowest BCUT2D eigenvalue weighted by Crippen LogP contribution is -2.03. The van der Waals surface area contributed by atoms with E-state index in [1.165, 1.54) is 11.1 Å². The standard InChI is InChI=1S/C19H24O2/c1-5-21-19(20)18-13-11-17(12-14-18)10-8-6-7-9-16(4)15(2)3/h6-8,10-14H,5,9H2,1-4H3/b7-6+,10-8+. The molecule has 0 radical (unpaired) electrons. The predicted molar refractivity (Wildman–Crippen MR) is 89.2 cm³/mol. The number of carbonyl (C=O) groups excluding carboxylic acids is 1. The highest BCUT2D eigenvalue weighted by Crippen LogP contribution is 2.09. The molecule has 0 N–H and O–H groups in total. The number of hydrogen-bond donors (Lipinski definition) is 0. The van der Waals surface area contributed by atoms with Gasteiger partial charge in [-0.15, -0.1) is 0 Å². The molecule has 0 aromatic heterocycles. The third kappa shape index (κ3) is 6.26. The summed E-state index contributed by atoms with van der Waals surface area (Å²) < 4.78 is 4.95. The maximum absolute atomic E-state index is 11.5. The minimum atomic E-state index is -0.273. The molecule has 0 unspecified atom stereocenters. The van der Waals surface area contributed by atoms with Gasteiger partial charge >= 0.3 is 5.97 Å². The molecule has 0 heterocycles. The van der Waals surface area contributed by atoms with Crippen molar-refractivity contribution < 1.29 is 9.53 Å². The second kappa shape index (κ2) is 8.96. The van der Waals surface area contributed by atoms with Crippen molar-refractivity contribution in [3.05, 3.63) is 64.8 Å². The summed E-state index contributed by atoms with van der Waals surface area (Å²) in [6.45, 7) is 8.61. The Balaban J connectivity index is 2.56. The van der Waals surface area contributed by atoms with E-state index in [0.29, 0.717) is 12.2 Å². The number of benzene rings is 1. The summed E-state index contributed by atoms with van der Waals surface area (Å²) in [5.74, 6) is -0.273. The molecule has 21 heavy (non-hydrogen) atoms. The molecule has 1 aromatic carbocycles. The van der Waals surface area contributed by atoms with Crippen molar-refractivity contribution >= 4 is 12.0 Å². The lowest BCUT2D eigenvalue weighted by molar-refractivity contribution is 0.0526. The minimum absolute atomic E-state index is 0.273. The van der Waals surface area contributed by atoms with E-state index in [1.807, 2.05) is 30.4 Å². The van der Waals surface area contributed by atoms with Crippen molar-refractivity contribution in [3.63, 3.8) is 0 Å². The molecule has 1 rings (SSSR count). The van der Waals surface area contributed by atoms with E-state index in [2.05, 4.69) is 26.8 Å². The molecule has 0 amide bonds. The highest BCUT2D eigenvalue weighted by Gasteiger charge is 2.04. The van der Waals surface area contributed by atoms with Gasteiger partial charge in [0.1, 0.15) is 0 Å². The maximum Gasteiger partial charge on any atom is 0.338 e. The average molecular weight is 284 g/mol. The van der Waals surface area contributed by atoms with Crippen molar-refractivity contribution in [1.29, 1.82) is 0 Å². The van der Waals surface area contributed by atoms with E-state index >= 15 is 0 Å². The van der Waals surface area contributed by atoms with Crippen molar-refractivity contribution in [3.8, 4) is 0 Å². The summed E-state index contributed by atoms with van der Waals surface area (Å²) in [4.78, 5) is 11.5. The fourth-order valence-electron chi connectivity index (χ4n) is 1.64. The Morgan fingerprint density at radius 2 is 1.76 bits per heavy atom. The van der Waals surface area contributed by atoms with E-state index in [1.54, 1.807) is 19.1 Å². The largest absolute Gasteiger partial charge is 0.462 e. The monoisotopic (exact) mass is 284 g/mol. The Bertz CT molecular complexity index is 541. The van der Waals surface area contributed by atoms with Gasteiger partial charge in [0.15, 0.2) is 0 Å². The fraction of sp³-hybridized carbons (Fsp3) is 0.316. The molecular formula is C19H24O2. The molecule has 112 valence electrons. The molecule has 0 saturated carbocycles. The molecule has 1 aromatic rings. The second-order valence-corrected chi connectivity index (χ2v) is 5.11. The third-order valence-electron chi connectivity index (χ3n) is 3.24. The van der Waals surface area contributed by atoms with Gasteiger partial charge in [0.2, 0.25) is 0 Å². The van der Waals surface area contributed by atoms with E-state index in [-0.39, 0.29) is 5.97 Å². The highest BCUT2D eigenvalue weighted by atomic mass is 16.5. The van der Waals surface area contributed by atoms with Crippen LogP contribution in [0.5, 0.6) is 0 Å². The number of allylic oxidation sites excluding steroid dienone is 5. The zero-order chi connectivity index (χ0) is 15.7. The molecule has 0 bridgehead atoms. The topological polar surface area (TPSA) is 26.3 Å². The van der Waals surface area contributed by atoms with Gasteiger partial charge in [-0.2, -0.15) is 0 Å². The molecule has 0 aliphatic carbocycles. The van der Waals surface area contributed by atoms with Crippen molar-refractivity contribution in [1.82, 2.24) is 0 Å². The number of ether oxygens (including phenoxy) is 1. The summed E-state index contributed by atoms with van der Waals surface area (Å²) in [5, 5.41) is 0. The number of esters is 1. The van der Waals surface area contributed by atoms with Crippen LogP contribution in [0.4, 0.5) is 0 Å². The van der Waals surface area contributed by atoms with Gasteiger partial charge in [0.05, 0.1) is 12.2 Å².